The molecule has 0 radical (unpaired) electrons. The first-order valence-corrected chi connectivity index (χ1v) is 6.49. The molecule has 11 heteroatoms. The lowest BCUT2D eigenvalue weighted by atomic mass is 9.99. The van der Waals surface area contributed by atoms with E-state index in [9.17, 15) is 39.9 Å². The molecule has 0 fully saturated rings. The van der Waals surface area contributed by atoms with Crippen LogP contribution in [0.1, 0.15) is 23.0 Å². The van der Waals surface area contributed by atoms with Gasteiger partial charge >= 0.3 is 12.1 Å². The average molecular weight is 373 g/mol. The molecule has 3 nitrogen and oxygen atoms in total. The van der Waals surface area contributed by atoms with Crippen LogP contribution >= 0.6 is 0 Å². The molecular weight excluding hydrogens is 366 g/mol. The fourth-order valence-electron chi connectivity index (χ4n) is 2.10. The lowest BCUT2D eigenvalue weighted by Gasteiger charge is -2.13. The molecule has 0 aliphatic rings. The van der Waals surface area contributed by atoms with Crippen molar-refractivity contribution in [2.24, 2.45) is 0 Å². The average Bonchev–Trinajstić information content (AvgIpc) is 2.96. The van der Waals surface area contributed by atoms with Crippen molar-refractivity contribution in [3.05, 3.63) is 46.5 Å². The summed E-state index contributed by atoms with van der Waals surface area (Å²) in [6.07, 6.45) is -5.09. The van der Waals surface area contributed by atoms with Gasteiger partial charge < -0.3 is 9.72 Å². The number of halogens is 8. The van der Waals surface area contributed by atoms with Gasteiger partial charge in [-0.15, -0.1) is 0 Å². The standard InChI is InChI=1S/C14H7F8NO2/c1-2-25-13(24)12-5(4(3-23-12)14(20,21)22)6-7(15)9(17)11(19)10(18)8(6)16/h3,23H,2H2,1H3. The number of alkyl halides is 3. The summed E-state index contributed by atoms with van der Waals surface area (Å²) in [5.74, 6) is -13.9. The van der Waals surface area contributed by atoms with Crippen LogP contribution in [-0.2, 0) is 10.9 Å². The summed E-state index contributed by atoms with van der Waals surface area (Å²) in [6.45, 7) is 0.985. The quantitative estimate of drug-likeness (QED) is 0.371. The Morgan fingerprint density at radius 2 is 1.44 bits per heavy atom. The van der Waals surface area contributed by atoms with Crippen LogP contribution in [0.15, 0.2) is 6.20 Å². The van der Waals surface area contributed by atoms with E-state index in [4.69, 9.17) is 0 Å². The Balaban J connectivity index is 2.92. The van der Waals surface area contributed by atoms with E-state index in [1.54, 1.807) is 4.98 Å². The normalized spacial score (nSPS) is 11.7. The van der Waals surface area contributed by atoms with Crippen molar-refractivity contribution in [2.75, 3.05) is 6.61 Å². The van der Waals surface area contributed by atoms with Crippen LogP contribution in [0.2, 0.25) is 0 Å². The van der Waals surface area contributed by atoms with Crippen molar-refractivity contribution < 1.29 is 44.7 Å². The third kappa shape index (κ3) is 3.05. The zero-order chi connectivity index (χ0) is 19.1. The fourth-order valence-corrected chi connectivity index (χ4v) is 2.10. The predicted octanol–water partition coefficient (Wildman–Crippen LogP) is 4.57. The van der Waals surface area contributed by atoms with Crippen LogP contribution in [0.4, 0.5) is 35.1 Å². The molecule has 0 saturated heterocycles. The highest BCUT2D eigenvalue weighted by Crippen LogP contribution is 2.42. The van der Waals surface area contributed by atoms with Crippen molar-refractivity contribution in [3.8, 4) is 11.1 Å². The molecule has 0 unspecified atom stereocenters. The second kappa shape index (κ2) is 6.37. The van der Waals surface area contributed by atoms with Crippen molar-refractivity contribution in [1.29, 1.82) is 0 Å². The molecule has 136 valence electrons. The largest absolute Gasteiger partial charge is 0.461 e. The van der Waals surface area contributed by atoms with E-state index >= 15 is 0 Å². The third-order valence-corrected chi connectivity index (χ3v) is 3.12. The second-order valence-electron chi connectivity index (χ2n) is 4.62. The van der Waals surface area contributed by atoms with Gasteiger partial charge in [0.2, 0.25) is 5.82 Å². The van der Waals surface area contributed by atoms with Crippen LogP contribution in [0, 0.1) is 29.1 Å². The molecule has 1 aromatic heterocycles. The molecule has 2 aromatic rings. The van der Waals surface area contributed by atoms with E-state index in [1.807, 2.05) is 0 Å². The minimum absolute atomic E-state index is 0.166. The van der Waals surface area contributed by atoms with Gasteiger partial charge in [-0.05, 0) is 6.92 Å². The van der Waals surface area contributed by atoms with Crippen LogP contribution in [0.5, 0.6) is 0 Å². The maximum atomic E-state index is 13.9. The van der Waals surface area contributed by atoms with Crippen molar-refractivity contribution in [1.82, 2.24) is 4.98 Å². The molecule has 0 amide bonds. The summed E-state index contributed by atoms with van der Waals surface area (Å²) < 4.78 is 111. The Kier molecular flexibility index (Phi) is 4.78. The number of H-pyrrole nitrogens is 1. The van der Waals surface area contributed by atoms with Crippen LogP contribution in [0.3, 0.4) is 0 Å². The van der Waals surface area contributed by atoms with E-state index in [0.29, 0.717) is 0 Å². The predicted molar refractivity (Wildman–Crippen MR) is 67.0 cm³/mol. The lowest BCUT2D eigenvalue weighted by Crippen LogP contribution is -2.13. The van der Waals surface area contributed by atoms with E-state index in [-0.39, 0.29) is 12.8 Å². The number of ether oxygens (including phenoxy) is 1. The van der Waals surface area contributed by atoms with Gasteiger partial charge in [0.1, 0.15) is 5.69 Å². The van der Waals surface area contributed by atoms with E-state index < -0.39 is 63.6 Å². The van der Waals surface area contributed by atoms with Gasteiger partial charge in [0, 0.05) is 11.8 Å². The molecular formula is C14H7F8NO2. The molecule has 1 N–H and O–H groups in total. The number of carbonyl (C=O) groups is 1. The van der Waals surface area contributed by atoms with Gasteiger partial charge in [0.25, 0.3) is 0 Å². The first kappa shape index (κ1) is 18.7. The minimum Gasteiger partial charge on any atom is -0.461 e. The first-order chi connectivity index (χ1) is 11.5. The number of hydrogen-bond acceptors (Lipinski definition) is 2. The highest BCUT2D eigenvalue weighted by atomic mass is 19.4. The molecule has 1 heterocycles. The molecule has 0 spiro atoms. The number of aromatic nitrogens is 1. The molecule has 0 bridgehead atoms. The number of aromatic amines is 1. The smallest absolute Gasteiger partial charge is 0.418 e. The second-order valence-corrected chi connectivity index (χ2v) is 4.62. The summed E-state index contributed by atoms with van der Waals surface area (Å²) in [6, 6.07) is 0. The van der Waals surface area contributed by atoms with Crippen molar-refractivity contribution >= 4 is 5.97 Å². The Morgan fingerprint density at radius 3 is 1.88 bits per heavy atom. The first-order valence-electron chi connectivity index (χ1n) is 6.49. The SMILES string of the molecule is CCOC(=O)c1[nH]cc(C(F)(F)F)c1-c1c(F)c(F)c(F)c(F)c1F. The summed E-state index contributed by atoms with van der Waals surface area (Å²) in [5, 5.41) is 0. The van der Waals surface area contributed by atoms with Gasteiger partial charge in [-0.1, -0.05) is 0 Å². The number of rotatable bonds is 3. The number of nitrogens with one attached hydrogen (secondary N) is 1. The van der Waals surface area contributed by atoms with Gasteiger partial charge in [-0.25, -0.2) is 26.7 Å². The van der Waals surface area contributed by atoms with Gasteiger partial charge in [0.15, 0.2) is 23.3 Å². The Bertz CT molecular complexity index is 811. The Hall–Kier alpha value is -2.59. The number of benzene rings is 1. The van der Waals surface area contributed by atoms with Gasteiger partial charge in [-0.2, -0.15) is 13.2 Å². The molecule has 0 aliphatic carbocycles. The monoisotopic (exact) mass is 373 g/mol. The molecule has 1 aromatic carbocycles. The molecule has 0 aliphatic heterocycles. The minimum atomic E-state index is -5.25. The third-order valence-electron chi connectivity index (χ3n) is 3.12. The van der Waals surface area contributed by atoms with Crippen LogP contribution < -0.4 is 0 Å². The van der Waals surface area contributed by atoms with Crippen LogP contribution in [0.25, 0.3) is 11.1 Å². The summed E-state index contributed by atoms with van der Waals surface area (Å²) in [5.41, 5.74) is -6.30. The highest BCUT2D eigenvalue weighted by Gasteiger charge is 2.41. The lowest BCUT2D eigenvalue weighted by molar-refractivity contribution is -0.137. The zero-order valence-corrected chi connectivity index (χ0v) is 12.1. The fraction of sp³-hybridized carbons (Fsp3) is 0.214. The Morgan fingerprint density at radius 1 is 0.960 bits per heavy atom. The Labute approximate surface area is 134 Å². The van der Waals surface area contributed by atoms with Crippen molar-refractivity contribution in [2.45, 2.75) is 13.1 Å². The van der Waals surface area contributed by atoms with Crippen molar-refractivity contribution in [3.63, 3.8) is 0 Å². The maximum Gasteiger partial charge on any atom is 0.418 e. The number of carbonyl (C=O) groups excluding carboxylic acids is 1. The number of hydrogen-bond donors (Lipinski definition) is 1. The summed E-state index contributed by atoms with van der Waals surface area (Å²) >= 11 is 0. The highest BCUT2D eigenvalue weighted by molar-refractivity contribution is 5.97. The summed E-state index contributed by atoms with van der Waals surface area (Å²) in [7, 11) is 0. The van der Waals surface area contributed by atoms with E-state index in [0.717, 1.165) is 0 Å². The molecule has 2 rings (SSSR count). The molecule has 25 heavy (non-hydrogen) atoms. The zero-order valence-electron chi connectivity index (χ0n) is 12.1. The van der Waals surface area contributed by atoms with Crippen LogP contribution in [-0.4, -0.2) is 17.6 Å². The molecule has 0 atom stereocenters. The van der Waals surface area contributed by atoms with E-state index in [1.165, 1.54) is 6.92 Å². The summed E-state index contributed by atoms with van der Waals surface area (Å²) in [4.78, 5) is 13.5. The van der Waals surface area contributed by atoms with Gasteiger partial charge in [0.05, 0.1) is 17.7 Å². The topological polar surface area (TPSA) is 42.1 Å². The molecule has 0 saturated carbocycles. The van der Waals surface area contributed by atoms with E-state index in [2.05, 4.69) is 4.74 Å². The maximum absolute atomic E-state index is 13.9. The van der Waals surface area contributed by atoms with Gasteiger partial charge in [-0.3, -0.25) is 0 Å². The number of esters is 1.